The Morgan fingerprint density at radius 1 is 1.47 bits per heavy atom. The molecule has 0 heterocycles. The van der Waals surface area contributed by atoms with Crippen LogP contribution in [-0.4, -0.2) is 25.5 Å². The fraction of sp³-hybridized carbons (Fsp3) is 0.833. The average Bonchev–Trinajstić information content (AvgIpc) is 2.13. The molecule has 0 aromatic rings. The number of carbonyl (C=O) groups is 1. The van der Waals surface area contributed by atoms with Gasteiger partial charge in [0.05, 0.1) is 24.5 Å². The lowest BCUT2D eigenvalue weighted by atomic mass is 10.0. The van der Waals surface area contributed by atoms with Crippen molar-refractivity contribution in [3.05, 3.63) is 0 Å². The van der Waals surface area contributed by atoms with Crippen molar-refractivity contribution >= 4 is 14.3 Å². The zero-order valence-corrected chi connectivity index (χ0v) is 12.6. The molecule has 0 aliphatic heterocycles. The molecule has 4 nitrogen and oxygen atoms in total. The predicted octanol–water partition coefficient (Wildman–Crippen LogP) is 3.01. The highest BCUT2D eigenvalue weighted by Gasteiger charge is 2.41. The van der Waals surface area contributed by atoms with E-state index >= 15 is 0 Å². The van der Waals surface area contributed by atoms with Gasteiger partial charge in [-0.15, -0.1) is 0 Å². The van der Waals surface area contributed by atoms with E-state index in [0.29, 0.717) is 0 Å². The first-order valence-electron chi connectivity index (χ1n) is 5.80. The third-order valence-electron chi connectivity index (χ3n) is 3.49. The first kappa shape index (κ1) is 16.1. The molecule has 0 aromatic heterocycles. The largest absolute Gasteiger partial charge is 0.481 e. The van der Waals surface area contributed by atoms with Gasteiger partial charge in [-0.2, -0.15) is 5.26 Å². The lowest BCUT2D eigenvalue weighted by molar-refractivity contribution is -0.144. The number of rotatable bonds is 5. The summed E-state index contributed by atoms with van der Waals surface area (Å²) in [6.07, 6.45) is -0.390. The highest BCUT2D eigenvalue weighted by molar-refractivity contribution is 6.74. The van der Waals surface area contributed by atoms with Gasteiger partial charge < -0.3 is 9.53 Å². The normalized spacial score (nSPS) is 16.1. The summed E-state index contributed by atoms with van der Waals surface area (Å²) in [7, 11) is -2.03. The number of carboxylic acids is 1. The first-order chi connectivity index (χ1) is 7.53. The Morgan fingerprint density at radius 3 is 2.24 bits per heavy atom. The maximum Gasteiger partial charge on any atom is 0.308 e. The summed E-state index contributed by atoms with van der Waals surface area (Å²) in [5.41, 5.74) is 0. The maximum atomic E-state index is 11.0. The Bertz CT molecular complexity index is 315. The van der Waals surface area contributed by atoms with Crippen LogP contribution in [0.25, 0.3) is 0 Å². The topological polar surface area (TPSA) is 70.3 Å². The molecule has 0 aliphatic carbocycles. The Labute approximate surface area is 105 Å². The molecule has 2 atom stereocenters. The van der Waals surface area contributed by atoms with Gasteiger partial charge in [0.15, 0.2) is 8.32 Å². The van der Waals surface area contributed by atoms with Gasteiger partial charge in [0, 0.05) is 0 Å². The molecule has 0 aromatic carbocycles. The Balaban J connectivity index is 4.90. The maximum absolute atomic E-state index is 11.0. The van der Waals surface area contributed by atoms with Crippen molar-refractivity contribution in [3.8, 4) is 6.07 Å². The van der Waals surface area contributed by atoms with E-state index in [-0.39, 0.29) is 11.5 Å². The zero-order chi connectivity index (χ0) is 13.9. The van der Waals surface area contributed by atoms with Gasteiger partial charge in [-0.1, -0.05) is 20.8 Å². The number of carboxylic acid groups (broad SMARTS) is 1. The second-order valence-electron chi connectivity index (χ2n) is 5.91. The summed E-state index contributed by atoms with van der Waals surface area (Å²) >= 11 is 0. The van der Waals surface area contributed by atoms with Gasteiger partial charge in [-0.25, -0.2) is 0 Å². The van der Waals surface area contributed by atoms with Crippen molar-refractivity contribution < 1.29 is 14.3 Å². The molecule has 0 radical (unpaired) electrons. The fourth-order valence-corrected chi connectivity index (χ4v) is 2.52. The average molecular weight is 257 g/mol. The summed E-state index contributed by atoms with van der Waals surface area (Å²) in [6, 6.07) is 2.01. The van der Waals surface area contributed by atoms with Crippen LogP contribution in [0.1, 0.15) is 34.1 Å². The van der Waals surface area contributed by atoms with E-state index in [9.17, 15) is 4.79 Å². The lowest BCUT2D eigenvalue weighted by Gasteiger charge is -2.39. The molecular weight excluding hydrogens is 234 g/mol. The van der Waals surface area contributed by atoms with Gasteiger partial charge >= 0.3 is 5.97 Å². The summed E-state index contributed by atoms with van der Waals surface area (Å²) in [6.45, 7) is 12.0. The Morgan fingerprint density at radius 2 is 1.94 bits per heavy atom. The number of hydrogen-bond acceptors (Lipinski definition) is 3. The molecule has 0 rings (SSSR count). The molecular formula is C12H23NO3Si. The molecule has 1 N–H and O–H groups in total. The van der Waals surface area contributed by atoms with Crippen LogP contribution in [0.15, 0.2) is 0 Å². The van der Waals surface area contributed by atoms with E-state index in [1.807, 2.05) is 6.07 Å². The van der Waals surface area contributed by atoms with Crippen molar-refractivity contribution in [2.45, 2.75) is 58.4 Å². The first-order valence-corrected chi connectivity index (χ1v) is 8.71. The second-order valence-corrected chi connectivity index (χ2v) is 10.7. The van der Waals surface area contributed by atoms with Gasteiger partial charge in [0.25, 0.3) is 0 Å². The number of aliphatic carboxylic acids is 1. The summed E-state index contributed by atoms with van der Waals surface area (Å²) in [5, 5.41) is 17.8. The van der Waals surface area contributed by atoms with Crippen LogP contribution in [-0.2, 0) is 9.22 Å². The fourth-order valence-electron chi connectivity index (χ4n) is 1.12. The van der Waals surface area contributed by atoms with Crippen LogP contribution < -0.4 is 0 Å². The lowest BCUT2D eigenvalue weighted by Crippen LogP contribution is -2.46. The molecule has 0 spiro atoms. The van der Waals surface area contributed by atoms with Gasteiger partial charge in [-0.05, 0) is 25.1 Å². The monoisotopic (exact) mass is 257 g/mol. The van der Waals surface area contributed by atoms with Crippen LogP contribution in [0.5, 0.6) is 0 Å². The van der Waals surface area contributed by atoms with Crippen molar-refractivity contribution in [1.29, 1.82) is 5.26 Å². The molecule has 0 saturated carbocycles. The van der Waals surface area contributed by atoms with Crippen molar-refractivity contribution in [2.24, 2.45) is 5.92 Å². The second kappa shape index (κ2) is 5.65. The molecule has 5 heteroatoms. The van der Waals surface area contributed by atoms with E-state index in [1.54, 1.807) is 6.92 Å². The van der Waals surface area contributed by atoms with Crippen molar-refractivity contribution in [2.75, 3.05) is 0 Å². The summed E-state index contributed by atoms with van der Waals surface area (Å²) < 4.78 is 6.00. The van der Waals surface area contributed by atoms with Crippen LogP contribution >= 0.6 is 0 Å². The number of nitriles is 1. The Kier molecular flexibility index (Phi) is 5.36. The molecule has 0 fully saturated rings. The minimum Gasteiger partial charge on any atom is -0.481 e. The van der Waals surface area contributed by atoms with Crippen LogP contribution in [0.2, 0.25) is 18.1 Å². The third kappa shape index (κ3) is 4.48. The molecule has 0 aliphatic rings. The molecule has 17 heavy (non-hydrogen) atoms. The quantitative estimate of drug-likeness (QED) is 0.769. The van der Waals surface area contributed by atoms with Gasteiger partial charge in [0.2, 0.25) is 0 Å². The molecule has 2 unspecified atom stereocenters. The minimum atomic E-state index is -2.03. The van der Waals surface area contributed by atoms with Crippen molar-refractivity contribution in [3.63, 3.8) is 0 Å². The van der Waals surface area contributed by atoms with Crippen LogP contribution in [0.3, 0.4) is 0 Å². The standard InChI is InChI=1S/C12H23NO3Si/c1-9(11(14)15)10(7-8-13)16-17(5,6)12(2,3)4/h9-10H,7H2,1-6H3,(H,14,15). The molecule has 98 valence electrons. The SMILES string of the molecule is CC(C(=O)O)C(CC#N)O[Si](C)(C)C(C)(C)C. The number of hydrogen-bond donors (Lipinski definition) is 1. The van der Waals surface area contributed by atoms with E-state index in [2.05, 4.69) is 33.9 Å². The zero-order valence-electron chi connectivity index (χ0n) is 11.6. The molecule has 0 saturated heterocycles. The van der Waals surface area contributed by atoms with Crippen LogP contribution in [0.4, 0.5) is 0 Å². The number of nitrogens with zero attached hydrogens (tertiary/aromatic N) is 1. The van der Waals surface area contributed by atoms with Crippen LogP contribution in [0, 0.1) is 17.2 Å². The van der Waals surface area contributed by atoms with Crippen molar-refractivity contribution in [1.82, 2.24) is 0 Å². The third-order valence-corrected chi connectivity index (χ3v) is 8.00. The van der Waals surface area contributed by atoms with Gasteiger partial charge in [-0.3, -0.25) is 4.79 Å². The van der Waals surface area contributed by atoms with E-state index in [1.165, 1.54) is 0 Å². The van der Waals surface area contributed by atoms with E-state index < -0.39 is 26.3 Å². The smallest absolute Gasteiger partial charge is 0.308 e. The van der Waals surface area contributed by atoms with E-state index in [4.69, 9.17) is 14.8 Å². The highest BCUT2D eigenvalue weighted by Crippen LogP contribution is 2.38. The predicted molar refractivity (Wildman–Crippen MR) is 69.1 cm³/mol. The van der Waals surface area contributed by atoms with Gasteiger partial charge in [0.1, 0.15) is 0 Å². The molecule has 0 bridgehead atoms. The summed E-state index contributed by atoms with van der Waals surface area (Å²) in [5.74, 6) is -1.56. The van der Waals surface area contributed by atoms with E-state index in [0.717, 1.165) is 0 Å². The molecule has 0 amide bonds. The highest BCUT2D eigenvalue weighted by atomic mass is 28.4. The minimum absolute atomic E-state index is 0.0128. The summed E-state index contributed by atoms with van der Waals surface area (Å²) in [4.78, 5) is 11.0. The Hall–Kier alpha value is -0.863.